The predicted octanol–water partition coefficient (Wildman–Crippen LogP) is 2.72. The second-order valence-corrected chi connectivity index (χ2v) is 5.80. The van der Waals surface area contributed by atoms with Crippen molar-refractivity contribution >= 4 is 34.8 Å². The number of alkyl halides is 3. The fourth-order valence-corrected chi connectivity index (χ4v) is 2.09. The maximum absolute atomic E-state index is 9.80. The van der Waals surface area contributed by atoms with Crippen molar-refractivity contribution in [2.75, 3.05) is 0 Å². The first-order chi connectivity index (χ1) is 6.17. The average Bonchev–Trinajstić information content (AvgIpc) is 2.00. The third-order valence-corrected chi connectivity index (χ3v) is 3.49. The first-order valence-electron chi connectivity index (χ1n) is 4.46. The molecule has 0 bridgehead atoms. The Morgan fingerprint density at radius 3 is 1.93 bits per heavy atom. The molecule has 0 aromatic rings. The monoisotopic (exact) mass is 261 g/mol. The lowest BCUT2D eigenvalue weighted by Crippen LogP contribution is -2.51. The fourth-order valence-electron chi connectivity index (χ4n) is 1.24. The molecule has 0 aromatic heterocycles. The van der Waals surface area contributed by atoms with Crippen molar-refractivity contribution in [3.63, 3.8) is 0 Å². The Bertz CT molecular complexity index is 179. The van der Waals surface area contributed by atoms with Crippen molar-refractivity contribution in [2.45, 2.75) is 42.7 Å². The van der Waals surface area contributed by atoms with Gasteiger partial charge in [-0.1, -0.05) is 48.1 Å². The molecule has 0 fully saturated rings. The number of rotatable bonds is 4. The van der Waals surface area contributed by atoms with Crippen LogP contribution in [0, 0.1) is 12.3 Å². The van der Waals surface area contributed by atoms with E-state index in [1.54, 1.807) is 0 Å². The average molecular weight is 263 g/mol. The first kappa shape index (κ1) is 14.8. The van der Waals surface area contributed by atoms with Gasteiger partial charge in [0.05, 0.1) is 17.6 Å². The molecule has 0 aliphatic carbocycles. The number of aliphatic hydroxyl groups excluding tert-OH is 2. The summed E-state index contributed by atoms with van der Waals surface area (Å²) >= 11 is 17.1. The van der Waals surface area contributed by atoms with E-state index in [4.69, 9.17) is 34.8 Å². The minimum absolute atomic E-state index is 0.433. The second-order valence-electron chi connectivity index (χ2n) is 3.52. The van der Waals surface area contributed by atoms with Gasteiger partial charge in [-0.3, -0.25) is 0 Å². The highest BCUT2D eigenvalue weighted by Crippen LogP contribution is 2.49. The van der Waals surface area contributed by atoms with E-state index in [9.17, 15) is 10.2 Å². The summed E-state index contributed by atoms with van der Waals surface area (Å²) in [6.45, 7) is 7.01. The lowest BCUT2D eigenvalue weighted by Gasteiger charge is -2.42. The van der Waals surface area contributed by atoms with Crippen LogP contribution in [-0.4, -0.2) is 26.2 Å². The van der Waals surface area contributed by atoms with Gasteiger partial charge in [0.25, 0.3) is 0 Å². The van der Waals surface area contributed by atoms with Gasteiger partial charge in [0.2, 0.25) is 3.79 Å². The molecular formula is C9H16Cl3O2. The number of hydrogen-bond donors (Lipinski definition) is 2. The topological polar surface area (TPSA) is 40.5 Å². The van der Waals surface area contributed by atoms with Gasteiger partial charge < -0.3 is 10.2 Å². The standard InChI is InChI=1S/C9H16Cl3O2/c1-4-5-7(14)8(3,6(2)13)9(10,11)12/h6-7,13-14H,3-5H2,1-2H3. The van der Waals surface area contributed by atoms with Gasteiger partial charge in [0.1, 0.15) is 0 Å². The molecule has 0 aliphatic rings. The Morgan fingerprint density at radius 1 is 1.29 bits per heavy atom. The van der Waals surface area contributed by atoms with E-state index < -0.39 is 21.4 Å². The molecule has 0 aliphatic heterocycles. The van der Waals surface area contributed by atoms with Crippen LogP contribution in [0.5, 0.6) is 0 Å². The SMILES string of the molecule is [CH2]C(C(C)O)(C(O)CCC)C(Cl)(Cl)Cl. The summed E-state index contributed by atoms with van der Waals surface area (Å²) < 4.78 is -1.80. The minimum Gasteiger partial charge on any atom is -0.393 e. The maximum atomic E-state index is 9.80. The van der Waals surface area contributed by atoms with Gasteiger partial charge in [-0.15, -0.1) is 0 Å². The van der Waals surface area contributed by atoms with Crippen molar-refractivity contribution in [3.8, 4) is 0 Å². The molecule has 0 saturated heterocycles. The van der Waals surface area contributed by atoms with E-state index in [0.717, 1.165) is 6.42 Å². The molecule has 85 valence electrons. The lowest BCUT2D eigenvalue weighted by molar-refractivity contribution is -0.0341. The summed E-state index contributed by atoms with van der Waals surface area (Å²) in [4.78, 5) is 0. The summed E-state index contributed by atoms with van der Waals surface area (Å²) in [6, 6.07) is 0. The van der Waals surface area contributed by atoms with Gasteiger partial charge in [-0.25, -0.2) is 0 Å². The molecule has 0 amide bonds. The van der Waals surface area contributed by atoms with Gasteiger partial charge in [0, 0.05) is 0 Å². The lowest BCUT2D eigenvalue weighted by atomic mass is 9.79. The van der Waals surface area contributed by atoms with Crippen LogP contribution in [0.2, 0.25) is 0 Å². The van der Waals surface area contributed by atoms with E-state index >= 15 is 0 Å². The summed E-state index contributed by atoms with van der Waals surface area (Å²) in [6.07, 6.45) is -0.787. The molecule has 3 atom stereocenters. The van der Waals surface area contributed by atoms with Crippen LogP contribution < -0.4 is 0 Å². The molecule has 0 heterocycles. The smallest absolute Gasteiger partial charge is 0.201 e. The van der Waals surface area contributed by atoms with E-state index in [1.807, 2.05) is 6.92 Å². The molecule has 5 heteroatoms. The van der Waals surface area contributed by atoms with Crippen LogP contribution >= 0.6 is 34.8 Å². The predicted molar refractivity (Wildman–Crippen MR) is 60.7 cm³/mol. The summed E-state index contributed by atoms with van der Waals surface area (Å²) in [5, 5.41) is 19.3. The van der Waals surface area contributed by atoms with Crippen LogP contribution in [0.4, 0.5) is 0 Å². The van der Waals surface area contributed by atoms with Gasteiger partial charge in [-0.05, 0) is 20.3 Å². The Balaban J connectivity index is 4.91. The molecule has 1 radical (unpaired) electrons. The van der Waals surface area contributed by atoms with Crippen molar-refractivity contribution < 1.29 is 10.2 Å². The summed E-state index contributed by atoms with van der Waals surface area (Å²) in [5.41, 5.74) is -1.40. The summed E-state index contributed by atoms with van der Waals surface area (Å²) in [5.74, 6) is 0. The van der Waals surface area contributed by atoms with Gasteiger partial charge in [0.15, 0.2) is 0 Å². The van der Waals surface area contributed by atoms with Crippen molar-refractivity contribution in [2.24, 2.45) is 5.41 Å². The Kier molecular flexibility index (Phi) is 5.51. The van der Waals surface area contributed by atoms with Crippen molar-refractivity contribution in [1.29, 1.82) is 0 Å². The fraction of sp³-hybridized carbons (Fsp3) is 0.889. The molecule has 2 N–H and O–H groups in total. The highest BCUT2D eigenvalue weighted by molar-refractivity contribution is 6.68. The van der Waals surface area contributed by atoms with Crippen molar-refractivity contribution in [1.82, 2.24) is 0 Å². The number of aliphatic hydroxyl groups is 2. The Morgan fingerprint density at radius 2 is 1.71 bits per heavy atom. The third kappa shape index (κ3) is 2.89. The molecule has 2 nitrogen and oxygen atoms in total. The van der Waals surface area contributed by atoms with E-state index in [2.05, 4.69) is 6.92 Å². The van der Waals surface area contributed by atoms with Crippen molar-refractivity contribution in [3.05, 3.63) is 6.92 Å². The molecular weight excluding hydrogens is 246 g/mol. The third-order valence-electron chi connectivity index (χ3n) is 2.43. The molecule has 0 saturated carbocycles. The van der Waals surface area contributed by atoms with Crippen LogP contribution in [0.3, 0.4) is 0 Å². The zero-order valence-corrected chi connectivity index (χ0v) is 10.6. The van der Waals surface area contributed by atoms with Crippen LogP contribution in [0.1, 0.15) is 26.7 Å². The van der Waals surface area contributed by atoms with Crippen LogP contribution in [-0.2, 0) is 0 Å². The first-order valence-corrected chi connectivity index (χ1v) is 5.59. The van der Waals surface area contributed by atoms with Crippen LogP contribution in [0.15, 0.2) is 0 Å². The Labute approximate surface area is 100 Å². The zero-order valence-electron chi connectivity index (χ0n) is 8.30. The maximum Gasteiger partial charge on any atom is 0.201 e. The van der Waals surface area contributed by atoms with E-state index in [1.165, 1.54) is 6.92 Å². The van der Waals surface area contributed by atoms with Gasteiger partial charge in [-0.2, -0.15) is 0 Å². The van der Waals surface area contributed by atoms with Gasteiger partial charge >= 0.3 is 0 Å². The number of halogens is 3. The minimum atomic E-state index is -1.80. The molecule has 3 unspecified atom stereocenters. The molecule has 0 aromatic carbocycles. The number of hydrogen-bond acceptors (Lipinski definition) is 2. The highest BCUT2D eigenvalue weighted by atomic mass is 35.6. The van der Waals surface area contributed by atoms with E-state index in [-0.39, 0.29) is 0 Å². The van der Waals surface area contributed by atoms with Crippen LogP contribution in [0.25, 0.3) is 0 Å². The normalized spacial score (nSPS) is 21.4. The van der Waals surface area contributed by atoms with E-state index in [0.29, 0.717) is 6.42 Å². The second kappa shape index (κ2) is 5.22. The Hall–Kier alpha value is 0.790. The largest absolute Gasteiger partial charge is 0.393 e. The highest BCUT2D eigenvalue weighted by Gasteiger charge is 2.52. The summed E-state index contributed by atoms with van der Waals surface area (Å²) in [7, 11) is 0. The molecule has 0 rings (SSSR count). The molecule has 0 spiro atoms. The zero-order chi connectivity index (χ0) is 11.6. The molecule has 14 heavy (non-hydrogen) atoms. The quantitative estimate of drug-likeness (QED) is 0.765.